The molecule has 20 heavy (non-hydrogen) atoms. The number of piperidine rings is 1. The number of rotatable bonds is 4. The van der Waals surface area contributed by atoms with Crippen LogP contribution in [0, 0.1) is 5.92 Å². The number of carboxylic acids is 1. The fraction of sp³-hybridized carbons (Fsp3) is 0.929. The number of halogens is 3. The normalized spacial score (nSPS) is 31.9. The number of hydrogen-bond acceptors (Lipinski definition) is 2. The quantitative estimate of drug-likeness (QED) is 0.863. The van der Waals surface area contributed by atoms with E-state index >= 15 is 0 Å². The number of fused-ring (bicyclic) bond motifs is 1. The first-order chi connectivity index (χ1) is 9.38. The summed E-state index contributed by atoms with van der Waals surface area (Å²) < 4.78 is 36.8. The van der Waals surface area contributed by atoms with Gasteiger partial charge < -0.3 is 5.11 Å². The second kappa shape index (κ2) is 6.33. The molecule has 0 aromatic heterocycles. The molecule has 116 valence electrons. The van der Waals surface area contributed by atoms with Gasteiger partial charge >= 0.3 is 12.1 Å². The van der Waals surface area contributed by atoms with E-state index in [0.29, 0.717) is 12.3 Å². The maximum absolute atomic E-state index is 12.3. The third kappa shape index (κ3) is 3.87. The average Bonchev–Trinajstić information content (AvgIpc) is 2.37. The van der Waals surface area contributed by atoms with E-state index in [4.69, 9.17) is 0 Å². The van der Waals surface area contributed by atoms with Crippen molar-refractivity contribution < 1.29 is 23.1 Å². The molecule has 6 heteroatoms. The van der Waals surface area contributed by atoms with E-state index in [-0.39, 0.29) is 19.0 Å². The molecular formula is C14H22F3NO2. The Balaban J connectivity index is 1.99. The molecule has 1 N–H and O–H groups in total. The Morgan fingerprint density at radius 2 is 1.85 bits per heavy atom. The SMILES string of the molecule is O=C(O)C1CCC2CCCCC2N1CCCC(F)(F)F. The molecule has 3 nitrogen and oxygen atoms in total. The van der Waals surface area contributed by atoms with Gasteiger partial charge in [-0.3, -0.25) is 9.69 Å². The second-order valence-electron chi connectivity index (χ2n) is 6.00. The molecule has 2 aliphatic rings. The smallest absolute Gasteiger partial charge is 0.389 e. The molecule has 1 saturated heterocycles. The van der Waals surface area contributed by atoms with Gasteiger partial charge in [-0.15, -0.1) is 0 Å². The molecule has 1 saturated carbocycles. The predicted molar refractivity (Wildman–Crippen MR) is 68.4 cm³/mol. The maximum Gasteiger partial charge on any atom is 0.389 e. The largest absolute Gasteiger partial charge is 0.480 e. The summed E-state index contributed by atoms with van der Waals surface area (Å²) in [5.74, 6) is -0.411. The van der Waals surface area contributed by atoms with Gasteiger partial charge in [-0.05, 0) is 44.6 Å². The number of alkyl halides is 3. The number of hydrogen-bond donors (Lipinski definition) is 1. The lowest BCUT2D eigenvalue weighted by atomic mass is 9.76. The Morgan fingerprint density at radius 3 is 2.50 bits per heavy atom. The molecular weight excluding hydrogens is 271 g/mol. The highest BCUT2D eigenvalue weighted by Gasteiger charge is 2.41. The van der Waals surface area contributed by atoms with Crippen LogP contribution in [0.1, 0.15) is 51.4 Å². The van der Waals surface area contributed by atoms with Crippen LogP contribution in [0.4, 0.5) is 13.2 Å². The van der Waals surface area contributed by atoms with Crippen LogP contribution >= 0.6 is 0 Å². The highest BCUT2D eigenvalue weighted by molar-refractivity contribution is 5.73. The van der Waals surface area contributed by atoms with Crippen molar-refractivity contribution in [1.29, 1.82) is 0 Å². The van der Waals surface area contributed by atoms with Crippen molar-refractivity contribution in [3.63, 3.8) is 0 Å². The summed E-state index contributed by atoms with van der Waals surface area (Å²) in [6.07, 6.45) is 0.732. The van der Waals surface area contributed by atoms with Gasteiger partial charge in [0.25, 0.3) is 0 Å². The number of aliphatic carboxylic acids is 1. The fourth-order valence-electron chi connectivity index (χ4n) is 3.78. The van der Waals surface area contributed by atoms with Crippen molar-refractivity contribution in [2.45, 2.75) is 69.6 Å². The minimum Gasteiger partial charge on any atom is -0.480 e. The molecule has 1 aliphatic carbocycles. The van der Waals surface area contributed by atoms with Gasteiger partial charge in [0.1, 0.15) is 6.04 Å². The summed E-state index contributed by atoms with van der Waals surface area (Å²) in [6, 6.07) is -0.422. The van der Waals surface area contributed by atoms with Gasteiger partial charge in [-0.1, -0.05) is 12.8 Å². The van der Waals surface area contributed by atoms with E-state index < -0.39 is 24.6 Å². The first kappa shape index (κ1) is 15.6. The highest BCUT2D eigenvalue weighted by atomic mass is 19.4. The van der Waals surface area contributed by atoms with Gasteiger partial charge in [0, 0.05) is 12.5 Å². The van der Waals surface area contributed by atoms with Gasteiger partial charge in [-0.2, -0.15) is 13.2 Å². The van der Waals surface area contributed by atoms with Crippen LogP contribution in [-0.4, -0.2) is 40.8 Å². The first-order valence-corrected chi connectivity index (χ1v) is 7.44. The van der Waals surface area contributed by atoms with Crippen molar-refractivity contribution in [3.8, 4) is 0 Å². The zero-order chi connectivity index (χ0) is 14.8. The fourth-order valence-corrected chi connectivity index (χ4v) is 3.78. The molecule has 0 aromatic rings. The molecule has 0 bridgehead atoms. The molecule has 0 amide bonds. The molecule has 1 heterocycles. The summed E-state index contributed by atoms with van der Waals surface area (Å²) >= 11 is 0. The Bertz CT molecular complexity index is 346. The molecule has 0 spiro atoms. The Kier molecular flexibility index (Phi) is 4.94. The monoisotopic (exact) mass is 293 g/mol. The van der Waals surface area contributed by atoms with Gasteiger partial charge in [0.15, 0.2) is 0 Å². The Labute approximate surface area is 117 Å². The zero-order valence-corrected chi connectivity index (χ0v) is 11.5. The number of carboxylic acid groups (broad SMARTS) is 1. The third-order valence-electron chi connectivity index (χ3n) is 4.67. The van der Waals surface area contributed by atoms with E-state index in [1.165, 1.54) is 0 Å². The second-order valence-corrected chi connectivity index (χ2v) is 6.00. The molecule has 3 atom stereocenters. The van der Waals surface area contributed by atoms with Crippen LogP contribution < -0.4 is 0 Å². The van der Waals surface area contributed by atoms with E-state index in [1.807, 2.05) is 4.90 Å². The van der Waals surface area contributed by atoms with Crippen LogP contribution in [0.3, 0.4) is 0 Å². The van der Waals surface area contributed by atoms with Crippen LogP contribution in [0.2, 0.25) is 0 Å². The minimum atomic E-state index is -4.15. The maximum atomic E-state index is 12.3. The van der Waals surface area contributed by atoms with Crippen LogP contribution in [-0.2, 0) is 4.79 Å². The van der Waals surface area contributed by atoms with Crippen LogP contribution in [0.25, 0.3) is 0 Å². The summed E-state index contributed by atoms with van der Waals surface area (Å²) in [4.78, 5) is 13.2. The summed E-state index contributed by atoms with van der Waals surface area (Å²) in [5.41, 5.74) is 0. The van der Waals surface area contributed by atoms with Crippen molar-refractivity contribution in [3.05, 3.63) is 0 Å². The number of nitrogens with zero attached hydrogens (tertiary/aromatic N) is 1. The van der Waals surface area contributed by atoms with Crippen molar-refractivity contribution >= 4 is 5.97 Å². The lowest BCUT2D eigenvalue weighted by Crippen LogP contribution is -2.55. The van der Waals surface area contributed by atoms with E-state index in [9.17, 15) is 23.1 Å². The van der Waals surface area contributed by atoms with Crippen molar-refractivity contribution in [2.24, 2.45) is 5.92 Å². The van der Waals surface area contributed by atoms with Gasteiger partial charge in [0.2, 0.25) is 0 Å². The first-order valence-electron chi connectivity index (χ1n) is 7.44. The van der Waals surface area contributed by atoms with Gasteiger partial charge in [-0.25, -0.2) is 0 Å². The predicted octanol–water partition coefficient (Wildman–Crippen LogP) is 3.44. The van der Waals surface area contributed by atoms with E-state index in [0.717, 1.165) is 32.1 Å². The number of carbonyl (C=O) groups is 1. The molecule has 1 aliphatic heterocycles. The summed E-state index contributed by atoms with van der Waals surface area (Å²) in [7, 11) is 0. The molecule has 0 aromatic carbocycles. The van der Waals surface area contributed by atoms with E-state index in [2.05, 4.69) is 0 Å². The standard InChI is InChI=1S/C14H22F3NO2/c15-14(16,17)8-3-9-18-11-5-2-1-4-10(11)6-7-12(18)13(19)20/h10-12H,1-9H2,(H,19,20). The lowest BCUT2D eigenvalue weighted by molar-refractivity contribution is -0.149. The number of likely N-dealkylation sites (tertiary alicyclic amines) is 1. The van der Waals surface area contributed by atoms with E-state index in [1.54, 1.807) is 0 Å². The summed E-state index contributed by atoms with van der Waals surface area (Å²) in [6.45, 7) is 0.248. The zero-order valence-electron chi connectivity index (χ0n) is 11.5. The Morgan fingerprint density at radius 1 is 1.15 bits per heavy atom. The Hall–Kier alpha value is -0.780. The average molecular weight is 293 g/mol. The minimum absolute atomic E-state index is 0.00347. The van der Waals surface area contributed by atoms with Crippen molar-refractivity contribution in [2.75, 3.05) is 6.54 Å². The topological polar surface area (TPSA) is 40.5 Å². The third-order valence-corrected chi connectivity index (χ3v) is 4.67. The molecule has 2 rings (SSSR count). The lowest BCUT2D eigenvalue weighted by Gasteiger charge is -2.47. The van der Waals surface area contributed by atoms with Crippen LogP contribution in [0.5, 0.6) is 0 Å². The highest BCUT2D eigenvalue weighted by Crippen LogP contribution is 2.38. The molecule has 3 unspecified atom stereocenters. The molecule has 0 radical (unpaired) electrons. The molecule has 2 fully saturated rings. The summed E-state index contributed by atoms with van der Waals surface area (Å²) in [5, 5.41) is 9.29. The van der Waals surface area contributed by atoms with Crippen LogP contribution in [0.15, 0.2) is 0 Å². The van der Waals surface area contributed by atoms with Gasteiger partial charge in [0.05, 0.1) is 0 Å². The van der Waals surface area contributed by atoms with Crippen molar-refractivity contribution in [1.82, 2.24) is 4.90 Å².